The summed E-state index contributed by atoms with van der Waals surface area (Å²) in [5, 5.41) is 0. The van der Waals surface area contributed by atoms with Crippen molar-refractivity contribution >= 4 is 71.7 Å². The first-order chi connectivity index (χ1) is 24.1. The number of hydrogen-bond acceptors (Lipinski definition) is 9. The minimum absolute atomic E-state index is 0.0113. The van der Waals surface area contributed by atoms with Crippen molar-refractivity contribution in [1.82, 2.24) is 0 Å². The molecule has 0 saturated heterocycles. The van der Waals surface area contributed by atoms with Gasteiger partial charge in [-0.15, -0.1) is 0 Å². The fraction of sp³-hybridized carbons (Fsp3) is 0.263. The van der Waals surface area contributed by atoms with Crippen LogP contribution in [0.15, 0.2) is 98.3 Å². The number of hydrogen-bond donors (Lipinski definition) is 0. The van der Waals surface area contributed by atoms with Crippen LogP contribution >= 0.6 is 47.8 Å². The number of carbonyl (C=O) groups is 4. The van der Waals surface area contributed by atoms with Gasteiger partial charge in [0.15, 0.2) is 5.60 Å². The molecule has 0 unspecified atom stereocenters. The summed E-state index contributed by atoms with van der Waals surface area (Å²) in [6.07, 6.45) is 1.87. The van der Waals surface area contributed by atoms with E-state index in [0.29, 0.717) is 54.5 Å². The third-order valence-corrected chi connectivity index (χ3v) is 10.5. The number of halogens is 3. The van der Waals surface area contributed by atoms with Crippen LogP contribution in [0.1, 0.15) is 85.0 Å². The highest BCUT2D eigenvalue weighted by molar-refractivity contribution is 9.11. The van der Waals surface area contributed by atoms with Gasteiger partial charge in [0.1, 0.15) is 23.2 Å². The third kappa shape index (κ3) is 7.52. The summed E-state index contributed by atoms with van der Waals surface area (Å²) in [5.41, 5.74) is 0.592. The molecule has 1 aliphatic carbocycles. The quantitative estimate of drug-likeness (QED) is 0.0666. The largest absolute Gasteiger partial charge is 0.482 e. The monoisotopic (exact) mass is 868 g/mol. The maximum absolute atomic E-state index is 13.5. The third-order valence-electron chi connectivity index (χ3n) is 8.94. The Balaban J connectivity index is 1.33. The van der Waals surface area contributed by atoms with Crippen LogP contribution in [0.2, 0.25) is 0 Å². The summed E-state index contributed by atoms with van der Waals surface area (Å²) in [6.45, 7) is 0.0892. The lowest BCUT2D eigenvalue weighted by molar-refractivity contribution is -0.0545. The molecular formula is C38H31Br3O9. The molecule has 2 aliphatic rings. The Hall–Kier alpha value is -4.00. The molecule has 1 spiro atoms. The van der Waals surface area contributed by atoms with Gasteiger partial charge in [-0.25, -0.2) is 19.2 Å². The first kappa shape index (κ1) is 35.8. The molecule has 0 amide bonds. The molecule has 0 N–H and O–H groups in total. The second-order valence-electron chi connectivity index (χ2n) is 11.9. The van der Waals surface area contributed by atoms with Crippen molar-refractivity contribution in [2.75, 3.05) is 13.7 Å². The van der Waals surface area contributed by atoms with Gasteiger partial charge in [-0.05, 0) is 117 Å². The first-order valence-electron chi connectivity index (χ1n) is 15.9. The fourth-order valence-electron chi connectivity index (χ4n) is 6.61. The Morgan fingerprint density at radius 2 is 1.30 bits per heavy atom. The number of benzene rings is 4. The summed E-state index contributed by atoms with van der Waals surface area (Å²) >= 11 is 10.1. The Morgan fingerprint density at radius 1 is 0.740 bits per heavy atom. The lowest BCUT2D eigenvalue weighted by atomic mass is 9.77. The number of methoxy groups -OCH3 is 1. The van der Waals surface area contributed by atoms with Crippen molar-refractivity contribution in [2.24, 2.45) is 0 Å². The van der Waals surface area contributed by atoms with Crippen LogP contribution in [0.3, 0.4) is 0 Å². The van der Waals surface area contributed by atoms with E-state index in [1.165, 1.54) is 13.2 Å². The standard InChI is InChI=1S/C38H31Br3O9/c1-46-37(45)33-29(48-35(43)23-8-14-26(40)15-9-23)18-19-30-32(33)28(4-3-21-47-34(42)22-6-12-25(39)13-7-22)38(50-30)20-2-5-31(38)49-36(44)24-10-16-27(41)17-11-24/h6-19,28,31H,2-5,20-21H2,1H3/t28-,31+,38+/m1/s1. The van der Waals surface area contributed by atoms with Gasteiger partial charge in [0, 0.05) is 24.9 Å². The van der Waals surface area contributed by atoms with E-state index in [1.807, 2.05) is 0 Å². The van der Waals surface area contributed by atoms with Crippen LogP contribution < -0.4 is 9.47 Å². The molecule has 1 aliphatic heterocycles. The molecule has 258 valence electrons. The first-order valence-corrected chi connectivity index (χ1v) is 18.3. The number of rotatable bonds is 10. The van der Waals surface area contributed by atoms with Crippen LogP contribution in [-0.4, -0.2) is 49.3 Å². The van der Waals surface area contributed by atoms with Crippen molar-refractivity contribution in [1.29, 1.82) is 0 Å². The molecule has 4 aromatic rings. The summed E-state index contributed by atoms with van der Waals surface area (Å²) < 4.78 is 32.0. The lowest BCUT2D eigenvalue weighted by Crippen LogP contribution is -2.47. The molecule has 0 radical (unpaired) electrons. The molecule has 6 rings (SSSR count). The second-order valence-corrected chi connectivity index (χ2v) is 14.7. The van der Waals surface area contributed by atoms with Crippen LogP contribution in [0.25, 0.3) is 0 Å². The lowest BCUT2D eigenvalue weighted by Gasteiger charge is -2.36. The van der Waals surface area contributed by atoms with Gasteiger partial charge >= 0.3 is 23.9 Å². The minimum atomic E-state index is -1.04. The molecule has 4 aromatic carbocycles. The van der Waals surface area contributed by atoms with Gasteiger partial charge in [0.2, 0.25) is 0 Å². The van der Waals surface area contributed by atoms with Crippen LogP contribution in [0.4, 0.5) is 0 Å². The summed E-state index contributed by atoms with van der Waals surface area (Å²) in [5.74, 6) is -2.44. The zero-order valence-electron chi connectivity index (χ0n) is 26.8. The molecule has 3 atom stereocenters. The smallest absolute Gasteiger partial charge is 0.343 e. The molecule has 50 heavy (non-hydrogen) atoms. The zero-order valence-corrected chi connectivity index (χ0v) is 31.5. The van der Waals surface area contributed by atoms with E-state index < -0.39 is 41.5 Å². The highest BCUT2D eigenvalue weighted by Gasteiger charge is 2.59. The van der Waals surface area contributed by atoms with E-state index in [9.17, 15) is 19.2 Å². The molecular weight excluding hydrogens is 840 g/mol. The number of ether oxygens (including phenoxy) is 5. The van der Waals surface area contributed by atoms with Gasteiger partial charge in [0.05, 0.1) is 30.4 Å². The molecule has 12 heteroatoms. The van der Waals surface area contributed by atoms with E-state index in [1.54, 1.807) is 78.9 Å². The van der Waals surface area contributed by atoms with E-state index in [-0.39, 0.29) is 23.5 Å². The summed E-state index contributed by atoms with van der Waals surface area (Å²) in [7, 11) is 1.25. The Kier molecular flexibility index (Phi) is 11.1. The minimum Gasteiger partial charge on any atom is -0.482 e. The van der Waals surface area contributed by atoms with Crippen LogP contribution in [0.5, 0.6) is 11.5 Å². The number of carbonyl (C=O) groups excluding carboxylic acids is 4. The van der Waals surface area contributed by atoms with Crippen molar-refractivity contribution in [3.05, 3.63) is 126 Å². The normalized spacial score (nSPS) is 19.0. The Labute approximate surface area is 314 Å². The van der Waals surface area contributed by atoms with Crippen molar-refractivity contribution < 1.29 is 42.9 Å². The van der Waals surface area contributed by atoms with Crippen LogP contribution in [-0.2, 0) is 14.2 Å². The maximum Gasteiger partial charge on any atom is 0.343 e. The van der Waals surface area contributed by atoms with Gasteiger partial charge < -0.3 is 23.7 Å². The van der Waals surface area contributed by atoms with Crippen molar-refractivity contribution in [2.45, 2.75) is 49.7 Å². The van der Waals surface area contributed by atoms with E-state index in [2.05, 4.69) is 47.8 Å². The van der Waals surface area contributed by atoms with Crippen molar-refractivity contribution in [3.8, 4) is 11.5 Å². The second kappa shape index (κ2) is 15.5. The van der Waals surface area contributed by atoms with Crippen molar-refractivity contribution in [3.63, 3.8) is 0 Å². The highest BCUT2D eigenvalue weighted by atomic mass is 79.9. The molecule has 0 bridgehead atoms. The molecule has 0 aromatic heterocycles. The predicted molar refractivity (Wildman–Crippen MR) is 194 cm³/mol. The topological polar surface area (TPSA) is 114 Å². The van der Waals surface area contributed by atoms with E-state index in [4.69, 9.17) is 23.7 Å². The zero-order chi connectivity index (χ0) is 35.4. The van der Waals surface area contributed by atoms with Gasteiger partial charge in [-0.3, -0.25) is 0 Å². The van der Waals surface area contributed by atoms with Gasteiger partial charge in [-0.2, -0.15) is 0 Å². The van der Waals surface area contributed by atoms with Gasteiger partial charge in [0.25, 0.3) is 0 Å². The highest BCUT2D eigenvalue weighted by Crippen LogP contribution is 2.57. The summed E-state index contributed by atoms with van der Waals surface area (Å²) in [6, 6.07) is 23.6. The molecule has 1 fully saturated rings. The molecule has 9 nitrogen and oxygen atoms in total. The molecule has 1 saturated carbocycles. The fourth-order valence-corrected chi connectivity index (χ4v) is 7.41. The number of fused-ring (bicyclic) bond motifs is 1. The van der Waals surface area contributed by atoms with E-state index >= 15 is 0 Å². The SMILES string of the molecule is COC(=O)c1c(OC(=O)c2ccc(Br)cc2)ccc2c1[C@@H](CCCOC(=O)c1ccc(Br)cc1)[C@]1(CCC[C@@H]1OC(=O)c1ccc(Br)cc1)O2. The Bertz CT molecular complexity index is 1910. The van der Waals surface area contributed by atoms with E-state index in [0.717, 1.165) is 13.4 Å². The average Bonchev–Trinajstić information content (AvgIpc) is 3.66. The average molecular weight is 871 g/mol. The predicted octanol–water partition coefficient (Wildman–Crippen LogP) is 9.24. The van der Waals surface area contributed by atoms with Gasteiger partial charge in [-0.1, -0.05) is 47.8 Å². The van der Waals surface area contributed by atoms with Crippen LogP contribution in [0, 0.1) is 0 Å². The summed E-state index contributed by atoms with van der Waals surface area (Å²) in [4.78, 5) is 52.9. The number of esters is 4. The Morgan fingerprint density at radius 3 is 1.88 bits per heavy atom. The molecule has 1 heterocycles. The maximum atomic E-state index is 13.5.